The Bertz CT molecular complexity index is 649. The Kier molecular flexibility index (Phi) is 6.20. The number of amides is 1. The number of piperidine rings is 1. The van der Waals surface area contributed by atoms with Crippen LogP contribution in [-0.2, 0) is 20.9 Å². The van der Waals surface area contributed by atoms with Crippen LogP contribution < -0.4 is 0 Å². The molecule has 1 amide bonds. The molecule has 0 N–H and O–H groups in total. The molecule has 1 spiro atoms. The summed E-state index contributed by atoms with van der Waals surface area (Å²) in [5.74, 6) is -0.261. The summed E-state index contributed by atoms with van der Waals surface area (Å²) in [7, 11) is 1.36. The highest BCUT2D eigenvalue weighted by Gasteiger charge is 2.44. The van der Waals surface area contributed by atoms with Crippen LogP contribution in [0.2, 0.25) is 5.02 Å². The number of carbonyl (C=O) groups excluding carboxylic acids is 2. The van der Waals surface area contributed by atoms with E-state index < -0.39 is 0 Å². The molecule has 26 heavy (non-hydrogen) atoms. The molecule has 1 unspecified atom stereocenters. The Morgan fingerprint density at radius 3 is 2.50 bits per heavy atom. The molecule has 2 aliphatic rings. The van der Waals surface area contributed by atoms with Gasteiger partial charge in [0.15, 0.2) is 0 Å². The van der Waals surface area contributed by atoms with Gasteiger partial charge < -0.3 is 9.64 Å². The van der Waals surface area contributed by atoms with Crippen molar-refractivity contribution < 1.29 is 14.3 Å². The van der Waals surface area contributed by atoms with Crippen LogP contribution in [0.15, 0.2) is 24.3 Å². The molecular weight excluding hydrogens is 352 g/mol. The van der Waals surface area contributed by atoms with Gasteiger partial charge in [0, 0.05) is 36.6 Å². The number of halogens is 1. The summed E-state index contributed by atoms with van der Waals surface area (Å²) in [6.07, 6.45) is 4.83. The molecular formula is C20H27ClN2O3. The maximum absolute atomic E-state index is 12.5. The van der Waals surface area contributed by atoms with E-state index in [-0.39, 0.29) is 30.3 Å². The van der Waals surface area contributed by atoms with Gasteiger partial charge in [-0.3, -0.25) is 14.5 Å². The second-order valence-electron chi connectivity index (χ2n) is 7.37. The second kappa shape index (κ2) is 8.40. The molecule has 1 aromatic carbocycles. The van der Waals surface area contributed by atoms with Crippen molar-refractivity contribution in [3.63, 3.8) is 0 Å². The SMILES string of the molecule is COC(=O)CCC(=O)N1CCCC2(CCCN2Cc2ccc(Cl)cc2)C1. The first-order valence-corrected chi connectivity index (χ1v) is 9.74. The summed E-state index contributed by atoms with van der Waals surface area (Å²) < 4.78 is 4.65. The smallest absolute Gasteiger partial charge is 0.306 e. The summed E-state index contributed by atoms with van der Waals surface area (Å²) in [6.45, 7) is 3.51. The molecule has 142 valence electrons. The molecule has 1 aromatic rings. The van der Waals surface area contributed by atoms with Crippen molar-refractivity contribution in [1.82, 2.24) is 9.80 Å². The Hall–Kier alpha value is -1.59. The van der Waals surface area contributed by atoms with Crippen molar-refractivity contribution >= 4 is 23.5 Å². The van der Waals surface area contributed by atoms with Gasteiger partial charge in [-0.05, 0) is 49.9 Å². The van der Waals surface area contributed by atoms with E-state index in [4.69, 9.17) is 11.6 Å². The number of carbonyl (C=O) groups is 2. The largest absolute Gasteiger partial charge is 0.469 e. The number of methoxy groups -OCH3 is 1. The number of rotatable bonds is 5. The molecule has 0 aromatic heterocycles. The van der Waals surface area contributed by atoms with Crippen LogP contribution in [0.25, 0.3) is 0 Å². The third kappa shape index (κ3) is 4.38. The number of benzene rings is 1. The normalized spacial score (nSPS) is 23.4. The van der Waals surface area contributed by atoms with E-state index in [2.05, 4.69) is 21.8 Å². The maximum Gasteiger partial charge on any atom is 0.306 e. The van der Waals surface area contributed by atoms with Gasteiger partial charge in [-0.2, -0.15) is 0 Å². The number of hydrogen-bond donors (Lipinski definition) is 0. The van der Waals surface area contributed by atoms with Crippen LogP contribution in [0.3, 0.4) is 0 Å². The maximum atomic E-state index is 12.5. The van der Waals surface area contributed by atoms with Crippen molar-refractivity contribution in [2.75, 3.05) is 26.7 Å². The van der Waals surface area contributed by atoms with E-state index in [9.17, 15) is 9.59 Å². The predicted molar refractivity (Wildman–Crippen MR) is 101 cm³/mol. The zero-order valence-corrected chi connectivity index (χ0v) is 16.1. The van der Waals surface area contributed by atoms with E-state index in [1.807, 2.05) is 17.0 Å². The first kappa shape index (κ1) is 19.2. The van der Waals surface area contributed by atoms with Crippen LogP contribution in [0.5, 0.6) is 0 Å². The van der Waals surface area contributed by atoms with Crippen molar-refractivity contribution in [2.24, 2.45) is 0 Å². The molecule has 5 nitrogen and oxygen atoms in total. The number of esters is 1. The Morgan fingerprint density at radius 1 is 1.12 bits per heavy atom. The van der Waals surface area contributed by atoms with Crippen molar-refractivity contribution in [2.45, 2.75) is 50.6 Å². The zero-order valence-electron chi connectivity index (χ0n) is 15.4. The fourth-order valence-electron chi connectivity index (χ4n) is 4.31. The Balaban J connectivity index is 1.64. The van der Waals surface area contributed by atoms with Crippen molar-refractivity contribution in [3.05, 3.63) is 34.9 Å². The summed E-state index contributed by atoms with van der Waals surface area (Å²) >= 11 is 6.00. The lowest BCUT2D eigenvalue weighted by atomic mass is 9.86. The molecule has 3 rings (SSSR count). The van der Waals surface area contributed by atoms with Gasteiger partial charge in [-0.25, -0.2) is 0 Å². The van der Waals surface area contributed by atoms with Gasteiger partial charge >= 0.3 is 5.97 Å². The van der Waals surface area contributed by atoms with Crippen LogP contribution in [-0.4, -0.2) is 54.0 Å². The minimum Gasteiger partial charge on any atom is -0.469 e. The highest BCUT2D eigenvalue weighted by atomic mass is 35.5. The van der Waals surface area contributed by atoms with Crippen molar-refractivity contribution in [1.29, 1.82) is 0 Å². The highest BCUT2D eigenvalue weighted by Crippen LogP contribution is 2.38. The molecule has 2 fully saturated rings. The first-order chi connectivity index (χ1) is 12.5. The third-order valence-corrected chi connectivity index (χ3v) is 5.96. The average Bonchev–Trinajstić information content (AvgIpc) is 3.02. The van der Waals surface area contributed by atoms with Gasteiger partial charge in [0.25, 0.3) is 0 Å². The summed E-state index contributed by atoms with van der Waals surface area (Å²) in [4.78, 5) is 28.4. The van der Waals surface area contributed by atoms with Crippen LogP contribution >= 0.6 is 11.6 Å². The Morgan fingerprint density at radius 2 is 1.81 bits per heavy atom. The molecule has 6 heteroatoms. The number of ether oxygens (including phenoxy) is 1. The van der Waals surface area contributed by atoms with E-state index in [0.717, 1.165) is 56.9 Å². The van der Waals surface area contributed by atoms with E-state index in [1.165, 1.54) is 12.7 Å². The van der Waals surface area contributed by atoms with Crippen LogP contribution in [0.4, 0.5) is 0 Å². The second-order valence-corrected chi connectivity index (χ2v) is 7.81. The van der Waals surface area contributed by atoms with E-state index in [1.54, 1.807) is 0 Å². The number of hydrogen-bond acceptors (Lipinski definition) is 4. The molecule has 0 radical (unpaired) electrons. The molecule has 0 bridgehead atoms. The lowest BCUT2D eigenvalue weighted by molar-refractivity contribution is -0.144. The fraction of sp³-hybridized carbons (Fsp3) is 0.600. The fourth-order valence-corrected chi connectivity index (χ4v) is 4.43. The summed E-state index contributed by atoms with van der Waals surface area (Å²) in [5.41, 5.74) is 1.32. The molecule has 0 saturated carbocycles. The Labute approximate surface area is 160 Å². The molecule has 2 aliphatic heterocycles. The van der Waals surface area contributed by atoms with Crippen LogP contribution in [0.1, 0.15) is 44.1 Å². The molecule has 1 atom stereocenters. The summed E-state index contributed by atoms with van der Waals surface area (Å²) in [5, 5.41) is 0.755. The lowest BCUT2D eigenvalue weighted by Crippen LogP contribution is -2.56. The topological polar surface area (TPSA) is 49.9 Å². The number of nitrogens with zero attached hydrogens (tertiary/aromatic N) is 2. The standard InChI is InChI=1S/C20H27ClN2O3/c1-26-19(25)9-8-18(24)22-12-2-10-20(15-22)11-3-13-23(20)14-16-4-6-17(21)7-5-16/h4-7H,2-3,8-15H2,1H3. The molecule has 2 saturated heterocycles. The monoisotopic (exact) mass is 378 g/mol. The van der Waals surface area contributed by atoms with E-state index >= 15 is 0 Å². The molecule has 0 aliphatic carbocycles. The molecule has 2 heterocycles. The zero-order chi connectivity index (χ0) is 18.6. The van der Waals surface area contributed by atoms with Gasteiger partial charge in [0.2, 0.25) is 5.91 Å². The quantitative estimate of drug-likeness (QED) is 0.738. The third-order valence-electron chi connectivity index (χ3n) is 5.71. The van der Waals surface area contributed by atoms with Crippen molar-refractivity contribution in [3.8, 4) is 0 Å². The highest BCUT2D eigenvalue weighted by molar-refractivity contribution is 6.30. The van der Waals surface area contributed by atoms with Gasteiger partial charge in [0.1, 0.15) is 0 Å². The number of likely N-dealkylation sites (tertiary alicyclic amines) is 2. The lowest BCUT2D eigenvalue weighted by Gasteiger charge is -2.46. The average molecular weight is 379 g/mol. The first-order valence-electron chi connectivity index (χ1n) is 9.36. The van der Waals surface area contributed by atoms with Gasteiger partial charge in [-0.15, -0.1) is 0 Å². The minimum atomic E-state index is -0.324. The predicted octanol–water partition coefficient (Wildman–Crippen LogP) is 3.25. The van der Waals surface area contributed by atoms with E-state index in [0.29, 0.717) is 0 Å². The van der Waals surface area contributed by atoms with Gasteiger partial charge in [-0.1, -0.05) is 23.7 Å². The van der Waals surface area contributed by atoms with Crippen LogP contribution in [0, 0.1) is 0 Å². The summed E-state index contributed by atoms with van der Waals surface area (Å²) in [6, 6.07) is 8.03. The minimum absolute atomic E-state index is 0.0628. The van der Waals surface area contributed by atoms with Gasteiger partial charge in [0.05, 0.1) is 13.5 Å².